The molecule has 1 aliphatic carbocycles. The van der Waals surface area contributed by atoms with Gasteiger partial charge in [-0.05, 0) is 49.1 Å². The second kappa shape index (κ2) is 7.83. The first-order valence-electron chi connectivity index (χ1n) is 8.29. The molecule has 2 N–H and O–H groups in total. The first-order valence-corrected chi connectivity index (χ1v) is 8.29. The molecule has 0 aliphatic heterocycles. The van der Waals surface area contributed by atoms with Crippen molar-refractivity contribution in [2.75, 3.05) is 31.4 Å². The summed E-state index contributed by atoms with van der Waals surface area (Å²) >= 11 is 0. The van der Waals surface area contributed by atoms with Crippen molar-refractivity contribution < 1.29 is 14.3 Å². The second-order valence-corrected chi connectivity index (χ2v) is 5.93. The summed E-state index contributed by atoms with van der Waals surface area (Å²) in [5.41, 5.74) is 1.13. The maximum atomic E-state index is 11.7. The summed E-state index contributed by atoms with van der Waals surface area (Å²) < 4.78 is 10.5. The largest absolute Gasteiger partial charge is 0.493 e. The number of benzene rings is 1. The van der Waals surface area contributed by atoms with Crippen LogP contribution in [-0.4, -0.2) is 36.9 Å². The van der Waals surface area contributed by atoms with Crippen LogP contribution in [0.4, 0.5) is 11.6 Å². The minimum Gasteiger partial charge on any atom is -0.493 e. The van der Waals surface area contributed by atoms with Crippen LogP contribution in [0.5, 0.6) is 11.5 Å². The summed E-state index contributed by atoms with van der Waals surface area (Å²) in [5.74, 6) is 2.78. The molecule has 0 atom stereocenters. The molecule has 0 spiro atoms. The number of methoxy groups -OCH3 is 2. The van der Waals surface area contributed by atoms with E-state index < -0.39 is 0 Å². The number of anilines is 2. The lowest BCUT2D eigenvalue weighted by Crippen LogP contribution is -2.15. The molecule has 3 rings (SSSR count). The number of ether oxygens (including phenoxy) is 2. The number of carbonyl (C=O) groups is 1. The van der Waals surface area contributed by atoms with Gasteiger partial charge in [0.25, 0.3) is 0 Å². The molecule has 1 fully saturated rings. The zero-order chi connectivity index (χ0) is 17.6. The molecule has 1 aliphatic rings. The molecule has 7 heteroatoms. The number of hydrogen-bond donors (Lipinski definition) is 2. The van der Waals surface area contributed by atoms with Gasteiger partial charge in [-0.25, -0.2) is 0 Å². The molecular weight excluding hydrogens is 320 g/mol. The van der Waals surface area contributed by atoms with Crippen molar-refractivity contribution in [2.24, 2.45) is 5.92 Å². The molecule has 0 radical (unpaired) electrons. The molecule has 1 heterocycles. The van der Waals surface area contributed by atoms with Crippen molar-refractivity contribution >= 4 is 17.5 Å². The highest BCUT2D eigenvalue weighted by atomic mass is 16.5. The van der Waals surface area contributed by atoms with Gasteiger partial charge in [0.1, 0.15) is 5.82 Å². The summed E-state index contributed by atoms with van der Waals surface area (Å²) in [5, 5.41) is 14.1. The van der Waals surface area contributed by atoms with Crippen LogP contribution in [-0.2, 0) is 11.2 Å². The summed E-state index contributed by atoms with van der Waals surface area (Å²) in [6.45, 7) is 0.706. The fourth-order valence-electron chi connectivity index (χ4n) is 2.44. The van der Waals surface area contributed by atoms with E-state index >= 15 is 0 Å². The Labute approximate surface area is 146 Å². The molecule has 7 nitrogen and oxygen atoms in total. The monoisotopic (exact) mass is 342 g/mol. The average molecular weight is 342 g/mol. The smallest absolute Gasteiger partial charge is 0.228 e. The van der Waals surface area contributed by atoms with Crippen LogP contribution >= 0.6 is 0 Å². The van der Waals surface area contributed by atoms with Gasteiger partial charge in [-0.1, -0.05) is 6.07 Å². The number of rotatable bonds is 8. The van der Waals surface area contributed by atoms with E-state index in [-0.39, 0.29) is 11.8 Å². The molecular formula is C18H22N4O3. The zero-order valence-corrected chi connectivity index (χ0v) is 14.4. The molecule has 1 amide bonds. The standard InChI is InChI=1S/C18H22N4O3/c1-24-14-6-3-12(11-15(14)25-2)9-10-19-16-7-8-17(22-21-16)20-18(23)13-4-5-13/h3,6-8,11,13H,4-5,9-10H2,1-2H3,(H,19,21)(H,20,22,23). The fraction of sp³-hybridized carbons (Fsp3) is 0.389. The summed E-state index contributed by atoms with van der Waals surface area (Å²) in [6, 6.07) is 9.43. The molecule has 1 aromatic carbocycles. The van der Waals surface area contributed by atoms with Crippen LogP contribution in [0.25, 0.3) is 0 Å². The number of nitrogens with one attached hydrogen (secondary N) is 2. The van der Waals surface area contributed by atoms with Crippen LogP contribution in [0.1, 0.15) is 18.4 Å². The fourth-order valence-corrected chi connectivity index (χ4v) is 2.44. The maximum Gasteiger partial charge on any atom is 0.228 e. The summed E-state index contributed by atoms with van der Waals surface area (Å²) in [7, 11) is 3.24. The molecule has 25 heavy (non-hydrogen) atoms. The Kier molecular flexibility index (Phi) is 5.33. The van der Waals surface area contributed by atoms with Gasteiger partial charge >= 0.3 is 0 Å². The lowest BCUT2D eigenvalue weighted by atomic mass is 10.1. The van der Waals surface area contributed by atoms with Gasteiger partial charge in [0, 0.05) is 12.5 Å². The lowest BCUT2D eigenvalue weighted by Gasteiger charge is -2.10. The van der Waals surface area contributed by atoms with Crippen molar-refractivity contribution in [1.29, 1.82) is 0 Å². The molecule has 0 bridgehead atoms. The predicted octanol–water partition coefficient (Wildman–Crippen LogP) is 2.50. The third-order valence-electron chi connectivity index (χ3n) is 4.03. The van der Waals surface area contributed by atoms with Crippen molar-refractivity contribution in [3.05, 3.63) is 35.9 Å². The van der Waals surface area contributed by atoms with Gasteiger partial charge in [0.15, 0.2) is 17.3 Å². The van der Waals surface area contributed by atoms with Crippen molar-refractivity contribution in [1.82, 2.24) is 10.2 Å². The van der Waals surface area contributed by atoms with E-state index in [0.717, 1.165) is 30.6 Å². The third-order valence-corrected chi connectivity index (χ3v) is 4.03. The first kappa shape index (κ1) is 17.0. The number of hydrogen-bond acceptors (Lipinski definition) is 6. The van der Waals surface area contributed by atoms with Crippen LogP contribution in [0.2, 0.25) is 0 Å². The van der Waals surface area contributed by atoms with Gasteiger partial charge in [0.2, 0.25) is 5.91 Å². The minimum absolute atomic E-state index is 0.0310. The average Bonchev–Trinajstić information content (AvgIpc) is 3.48. The maximum absolute atomic E-state index is 11.7. The summed E-state index contributed by atoms with van der Waals surface area (Å²) in [4.78, 5) is 11.7. The van der Waals surface area contributed by atoms with Gasteiger partial charge in [0.05, 0.1) is 14.2 Å². The Bertz CT molecular complexity index is 730. The van der Waals surface area contributed by atoms with Crippen molar-refractivity contribution in [3.63, 3.8) is 0 Å². The van der Waals surface area contributed by atoms with E-state index in [4.69, 9.17) is 9.47 Å². The van der Waals surface area contributed by atoms with Crippen LogP contribution < -0.4 is 20.1 Å². The number of nitrogens with zero attached hydrogens (tertiary/aromatic N) is 2. The van der Waals surface area contributed by atoms with Crippen LogP contribution in [0.3, 0.4) is 0 Å². The van der Waals surface area contributed by atoms with E-state index in [2.05, 4.69) is 20.8 Å². The quantitative estimate of drug-likeness (QED) is 0.767. The van der Waals surface area contributed by atoms with Gasteiger partial charge in [-0.3, -0.25) is 4.79 Å². The zero-order valence-electron chi connectivity index (χ0n) is 14.4. The predicted molar refractivity (Wildman–Crippen MR) is 95.1 cm³/mol. The van der Waals surface area contributed by atoms with E-state index in [1.165, 1.54) is 0 Å². The van der Waals surface area contributed by atoms with E-state index in [1.54, 1.807) is 20.3 Å². The highest BCUT2D eigenvalue weighted by molar-refractivity contribution is 5.93. The number of aromatic nitrogens is 2. The van der Waals surface area contributed by atoms with Gasteiger partial charge < -0.3 is 20.1 Å². The van der Waals surface area contributed by atoms with E-state index in [9.17, 15) is 4.79 Å². The van der Waals surface area contributed by atoms with Crippen LogP contribution in [0.15, 0.2) is 30.3 Å². The SMILES string of the molecule is COc1ccc(CCNc2ccc(NC(=O)C3CC3)nn2)cc1OC. The second-order valence-electron chi connectivity index (χ2n) is 5.93. The van der Waals surface area contributed by atoms with E-state index in [0.29, 0.717) is 23.9 Å². The first-order chi connectivity index (χ1) is 12.2. The molecule has 2 aromatic rings. The highest BCUT2D eigenvalue weighted by Crippen LogP contribution is 2.30. The Balaban J connectivity index is 1.49. The summed E-state index contributed by atoms with van der Waals surface area (Å²) in [6.07, 6.45) is 2.74. The molecule has 1 aromatic heterocycles. The topological polar surface area (TPSA) is 85.4 Å². The highest BCUT2D eigenvalue weighted by Gasteiger charge is 2.29. The number of carbonyl (C=O) groups excluding carboxylic acids is 1. The minimum atomic E-state index is 0.0310. The third kappa shape index (κ3) is 4.59. The molecule has 1 saturated carbocycles. The van der Waals surface area contributed by atoms with Crippen molar-refractivity contribution in [3.8, 4) is 11.5 Å². The normalized spacial score (nSPS) is 13.2. The molecule has 132 valence electrons. The van der Waals surface area contributed by atoms with Crippen LogP contribution in [0, 0.1) is 5.92 Å². The number of amides is 1. The lowest BCUT2D eigenvalue weighted by molar-refractivity contribution is -0.117. The molecule has 0 unspecified atom stereocenters. The Morgan fingerprint density at radius 3 is 2.44 bits per heavy atom. The molecule has 0 saturated heterocycles. The Morgan fingerprint density at radius 1 is 1.08 bits per heavy atom. The Morgan fingerprint density at radius 2 is 1.80 bits per heavy atom. The van der Waals surface area contributed by atoms with Gasteiger partial charge in [-0.2, -0.15) is 0 Å². The van der Waals surface area contributed by atoms with E-state index in [1.807, 2.05) is 24.3 Å². The Hall–Kier alpha value is -2.83. The van der Waals surface area contributed by atoms with Gasteiger partial charge in [-0.15, -0.1) is 10.2 Å². The van der Waals surface area contributed by atoms with Crippen molar-refractivity contribution in [2.45, 2.75) is 19.3 Å².